The van der Waals surface area contributed by atoms with Crippen molar-refractivity contribution < 1.29 is 8.78 Å². The summed E-state index contributed by atoms with van der Waals surface area (Å²) in [5.74, 6) is 0. The van der Waals surface area contributed by atoms with Gasteiger partial charge in [-0.2, -0.15) is 8.78 Å². The molecule has 0 unspecified atom stereocenters. The van der Waals surface area contributed by atoms with Crippen LogP contribution in [0.25, 0.3) is 0 Å². The van der Waals surface area contributed by atoms with Crippen LogP contribution in [0.5, 0.6) is 0 Å². The summed E-state index contributed by atoms with van der Waals surface area (Å²) in [4.78, 5) is 0. The van der Waals surface area contributed by atoms with Gasteiger partial charge in [-0.1, -0.05) is 0 Å². The SMILES string of the molecule is FC(F)n1cccc1.N=C(N)[Se]. The number of rotatable bonds is 1. The molecule has 0 aliphatic carbocycles. The molecule has 0 spiro atoms. The van der Waals surface area contributed by atoms with Gasteiger partial charge in [0.05, 0.1) is 0 Å². The van der Waals surface area contributed by atoms with Crippen molar-refractivity contribution in [2.75, 3.05) is 0 Å². The Morgan fingerprint density at radius 1 is 1.42 bits per heavy atom. The van der Waals surface area contributed by atoms with Crippen LogP contribution >= 0.6 is 0 Å². The summed E-state index contributed by atoms with van der Waals surface area (Å²) in [5, 5.41) is 6.22. The molecule has 0 bridgehead atoms. The van der Waals surface area contributed by atoms with E-state index in [-0.39, 0.29) is 4.73 Å². The van der Waals surface area contributed by atoms with E-state index in [1.54, 1.807) is 12.1 Å². The van der Waals surface area contributed by atoms with Crippen molar-refractivity contribution >= 4 is 20.7 Å². The van der Waals surface area contributed by atoms with Gasteiger partial charge in [-0.25, -0.2) is 0 Å². The summed E-state index contributed by atoms with van der Waals surface area (Å²) in [6.07, 6.45) is 2.65. The molecule has 0 aromatic carbocycles. The zero-order valence-corrected chi connectivity index (χ0v) is 7.79. The predicted octanol–water partition coefficient (Wildman–Crippen LogP) is 0.932. The van der Waals surface area contributed by atoms with Crippen LogP contribution in [-0.2, 0) is 0 Å². The van der Waals surface area contributed by atoms with Crippen LogP contribution < -0.4 is 5.73 Å². The van der Waals surface area contributed by atoms with Gasteiger partial charge in [-0.3, -0.25) is 4.57 Å². The van der Waals surface area contributed by atoms with Crippen molar-refractivity contribution in [3.05, 3.63) is 24.5 Å². The molecule has 0 aliphatic heterocycles. The summed E-state index contributed by atoms with van der Waals surface area (Å²) in [6, 6.07) is 3.12. The Bertz CT molecular complexity index is 219. The van der Waals surface area contributed by atoms with Crippen molar-refractivity contribution in [3.63, 3.8) is 0 Å². The van der Waals surface area contributed by atoms with E-state index < -0.39 is 6.55 Å². The quantitative estimate of drug-likeness (QED) is 0.427. The topological polar surface area (TPSA) is 54.8 Å². The van der Waals surface area contributed by atoms with Gasteiger partial charge in [0.1, 0.15) is 0 Å². The number of aromatic nitrogens is 1. The predicted molar refractivity (Wildman–Crippen MR) is 43.4 cm³/mol. The standard InChI is InChI=1S/C5H5F2N.CH3N2Se/c6-5(7)8-3-1-2-4-8;2-1(3)4/h1-5H;(H3,2,3). The summed E-state index contributed by atoms with van der Waals surface area (Å²) >= 11 is 2.26. The second-order valence-electron chi connectivity index (χ2n) is 1.77. The molecular formula is C6H8F2N3Se. The Hall–Kier alpha value is -0.871. The summed E-state index contributed by atoms with van der Waals surface area (Å²) in [7, 11) is 0. The Morgan fingerprint density at radius 2 is 1.75 bits per heavy atom. The molecule has 1 aromatic rings. The van der Waals surface area contributed by atoms with E-state index in [1.165, 1.54) is 12.4 Å². The molecule has 0 amide bonds. The van der Waals surface area contributed by atoms with Crippen LogP contribution in [0.1, 0.15) is 6.55 Å². The minimum atomic E-state index is -2.40. The van der Waals surface area contributed by atoms with Crippen molar-refractivity contribution in [2.45, 2.75) is 6.55 Å². The zero-order valence-electron chi connectivity index (χ0n) is 6.08. The third-order valence-corrected chi connectivity index (χ3v) is 0.853. The molecule has 1 aromatic heterocycles. The number of hydrogen-bond donors (Lipinski definition) is 2. The van der Waals surface area contributed by atoms with Crippen LogP contribution in [0.3, 0.4) is 0 Å². The van der Waals surface area contributed by atoms with Gasteiger partial charge in [0, 0.05) is 12.4 Å². The molecule has 0 fully saturated rings. The Morgan fingerprint density at radius 3 is 1.92 bits per heavy atom. The number of nitrogens with one attached hydrogen (secondary N) is 1. The Labute approximate surface area is 76.9 Å². The molecule has 1 heterocycles. The summed E-state index contributed by atoms with van der Waals surface area (Å²) in [6.45, 7) is -2.40. The van der Waals surface area contributed by atoms with E-state index in [2.05, 4.69) is 21.7 Å². The molecule has 12 heavy (non-hydrogen) atoms. The van der Waals surface area contributed by atoms with Gasteiger partial charge >= 0.3 is 38.4 Å². The summed E-state index contributed by atoms with van der Waals surface area (Å²) < 4.78 is 24.0. The molecule has 0 aliphatic rings. The number of hydrogen-bond acceptors (Lipinski definition) is 1. The first-order valence-corrected chi connectivity index (χ1v) is 3.81. The Kier molecular flexibility index (Phi) is 5.32. The van der Waals surface area contributed by atoms with Crippen LogP contribution in [0.15, 0.2) is 24.5 Å². The minimum absolute atomic E-state index is 0.0417. The van der Waals surface area contributed by atoms with Crippen LogP contribution in [-0.4, -0.2) is 25.3 Å². The number of alkyl halides is 2. The average molecular weight is 239 g/mol. The molecule has 1 radical (unpaired) electrons. The van der Waals surface area contributed by atoms with E-state index in [0.29, 0.717) is 0 Å². The number of nitrogens with zero attached hydrogens (tertiary/aromatic N) is 1. The van der Waals surface area contributed by atoms with Crippen LogP contribution in [0, 0.1) is 5.41 Å². The van der Waals surface area contributed by atoms with Gasteiger partial charge in [0.25, 0.3) is 0 Å². The molecule has 0 atom stereocenters. The molecular weight excluding hydrogens is 231 g/mol. The van der Waals surface area contributed by atoms with Crippen LogP contribution in [0.4, 0.5) is 8.78 Å². The number of nitrogens with two attached hydrogens (primary N) is 1. The van der Waals surface area contributed by atoms with E-state index in [0.717, 1.165) is 4.57 Å². The summed E-state index contributed by atoms with van der Waals surface area (Å²) in [5.41, 5.74) is 4.64. The van der Waals surface area contributed by atoms with Gasteiger partial charge in [0.2, 0.25) is 0 Å². The van der Waals surface area contributed by atoms with Crippen molar-refractivity contribution in [2.24, 2.45) is 5.73 Å². The van der Waals surface area contributed by atoms with Crippen molar-refractivity contribution in [1.29, 1.82) is 5.41 Å². The maximum atomic E-state index is 11.6. The molecule has 3 N–H and O–H groups in total. The second kappa shape index (κ2) is 5.74. The molecule has 3 nitrogen and oxygen atoms in total. The second-order valence-corrected chi connectivity index (χ2v) is 2.69. The van der Waals surface area contributed by atoms with E-state index in [1.807, 2.05) is 0 Å². The molecule has 67 valence electrons. The third-order valence-electron chi connectivity index (χ3n) is 0.853. The third kappa shape index (κ3) is 5.88. The van der Waals surface area contributed by atoms with Gasteiger partial charge in [-0.15, -0.1) is 0 Å². The Balaban J connectivity index is 0.000000261. The molecule has 0 saturated heterocycles. The fourth-order valence-electron chi connectivity index (χ4n) is 0.478. The van der Waals surface area contributed by atoms with Crippen molar-refractivity contribution in [1.82, 2.24) is 4.57 Å². The van der Waals surface area contributed by atoms with E-state index in [4.69, 9.17) is 5.41 Å². The van der Waals surface area contributed by atoms with Crippen LogP contribution in [0.2, 0.25) is 0 Å². The number of amidine groups is 1. The maximum absolute atomic E-state index is 11.6. The van der Waals surface area contributed by atoms with Gasteiger partial charge < -0.3 is 0 Å². The fraction of sp³-hybridized carbons (Fsp3) is 0.167. The fourth-order valence-corrected chi connectivity index (χ4v) is 0.478. The average Bonchev–Trinajstić information content (AvgIpc) is 2.34. The molecule has 1 rings (SSSR count). The van der Waals surface area contributed by atoms with E-state index in [9.17, 15) is 8.78 Å². The van der Waals surface area contributed by atoms with Gasteiger partial charge in [0.15, 0.2) is 0 Å². The first-order valence-electron chi connectivity index (χ1n) is 2.95. The molecule has 0 saturated carbocycles. The number of halogens is 2. The van der Waals surface area contributed by atoms with Crippen molar-refractivity contribution in [3.8, 4) is 0 Å². The zero-order chi connectivity index (χ0) is 9.56. The first-order chi connectivity index (χ1) is 5.54. The van der Waals surface area contributed by atoms with E-state index >= 15 is 0 Å². The molecule has 6 heteroatoms. The first kappa shape index (κ1) is 11.1. The van der Waals surface area contributed by atoms with Gasteiger partial charge in [-0.05, 0) is 12.1 Å². The monoisotopic (exact) mass is 240 g/mol. The normalized spacial score (nSPS) is 8.92.